The Balaban J connectivity index is 1.10. The highest BCUT2D eigenvalue weighted by Gasteiger charge is 2.21. The second kappa shape index (κ2) is 11.9. The van der Waals surface area contributed by atoms with Gasteiger partial charge in [-0.1, -0.05) is 24.3 Å². The Hall–Kier alpha value is -4.90. The number of nitrogens with one attached hydrogen (secondary N) is 1. The minimum absolute atomic E-state index is 0.0602. The largest absolute Gasteiger partial charge is 0.491 e. The van der Waals surface area contributed by atoms with Crippen LogP contribution in [0.4, 0.5) is 21.7 Å². The number of aromatic nitrogens is 3. The highest BCUT2D eigenvalue weighted by atomic mass is 19.1. The summed E-state index contributed by atoms with van der Waals surface area (Å²) in [6, 6.07) is 20.8. The fourth-order valence-corrected chi connectivity index (χ4v) is 5.27. The number of piperazine rings is 1. The maximum atomic E-state index is 14.3. The van der Waals surface area contributed by atoms with Gasteiger partial charge in [0.05, 0.1) is 6.61 Å². The smallest absolute Gasteiger partial charge is 0.271 e. The molecule has 0 radical (unpaired) electrons. The Morgan fingerprint density at radius 3 is 2.50 bits per heavy atom. The lowest BCUT2D eigenvalue weighted by atomic mass is 10.1. The molecule has 1 fully saturated rings. The van der Waals surface area contributed by atoms with Crippen LogP contribution in [-0.4, -0.2) is 66.8 Å². The third-order valence-corrected chi connectivity index (χ3v) is 7.45. The summed E-state index contributed by atoms with van der Waals surface area (Å²) in [5, 5.41) is 3.47. The van der Waals surface area contributed by atoms with Crippen LogP contribution < -0.4 is 25.6 Å². The van der Waals surface area contributed by atoms with E-state index in [1.807, 2.05) is 30.3 Å². The van der Waals surface area contributed by atoms with E-state index in [-0.39, 0.29) is 23.1 Å². The molecule has 11 heteroatoms. The summed E-state index contributed by atoms with van der Waals surface area (Å²) in [4.78, 5) is 26.4. The topological polar surface area (TPSA) is 110 Å². The van der Waals surface area contributed by atoms with E-state index in [9.17, 15) is 9.18 Å². The van der Waals surface area contributed by atoms with Crippen molar-refractivity contribution < 1.29 is 18.7 Å². The molecule has 1 saturated heterocycles. The Kier molecular flexibility index (Phi) is 7.74. The third-order valence-electron chi connectivity index (χ3n) is 7.45. The molecule has 216 valence electrons. The number of amides is 1. The molecule has 42 heavy (non-hydrogen) atoms. The lowest BCUT2D eigenvalue weighted by Gasteiger charge is -2.38. The van der Waals surface area contributed by atoms with Gasteiger partial charge in [-0.3, -0.25) is 9.20 Å². The standard InChI is InChI=1S/C31H32FN7O3/c1-41-17-18-42-23-11-9-22(10-12-23)37-13-15-38(16-14-37)27-8-3-2-5-21(27)19-34-30(40)26-20-39-29(35-26)24-6-4-7-25(32)28(24)36-31(39)33/h2-12,20H,13-19H2,1H3,(H2,33,36)(H,34,40). The highest BCUT2D eigenvalue weighted by Crippen LogP contribution is 2.26. The zero-order valence-corrected chi connectivity index (χ0v) is 23.3. The SMILES string of the molecule is COCCOc1ccc(N2CCN(c3ccccc3CNC(=O)c3cn4c(N)nc5c(F)cccc5c4n3)CC2)cc1. The number of halogens is 1. The van der Waals surface area contributed by atoms with Gasteiger partial charge in [-0.25, -0.2) is 14.4 Å². The van der Waals surface area contributed by atoms with Gasteiger partial charge >= 0.3 is 0 Å². The minimum Gasteiger partial charge on any atom is -0.491 e. The number of benzene rings is 3. The van der Waals surface area contributed by atoms with E-state index in [2.05, 4.69) is 43.3 Å². The fourth-order valence-electron chi connectivity index (χ4n) is 5.27. The molecule has 0 unspecified atom stereocenters. The molecule has 3 aromatic carbocycles. The third kappa shape index (κ3) is 5.51. The molecule has 3 N–H and O–H groups in total. The highest BCUT2D eigenvalue weighted by molar-refractivity contribution is 5.97. The van der Waals surface area contributed by atoms with Crippen molar-refractivity contribution in [1.82, 2.24) is 19.7 Å². The van der Waals surface area contributed by atoms with Gasteiger partial charge in [0.15, 0.2) is 0 Å². The number of nitrogens with two attached hydrogens (primary N) is 1. The number of anilines is 3. The summed E-state index contributed by atoms with van der Waals surface area (Å²) >= 11 is 0. The molecule has 3 heterocycles. The maximum Gasteiger partial charge on any atom is 0.271 e. The first-order chi connectivity index (χ1) is 20.5. The van der Waals surface area contributed by atoms with Crippen LogP contribution in [0.1, 0.15) is 16.1 Å². The summed E-state index contributed by atoms with van der Waals surface area (Å²) in [6.07, 6.45) is 1.53. The van der Waals surface area contributed by atoms with Crippen molar-refractivity contribution in [1.29, 1.82) is 0 Å². The number of hydrogen-bond donors (Lipinski definition) is 2. The lowest BCUT2D eigenvalue weighted by Crippen LogP contribution is -2.47. The molecule has 1 aliphatic heterocycles. The van der Waals surface area contributed by atoms with E-state index in [0.717, 1.165) is 48.9 Å². The van der Waals surface area contributed by atoms with Crippen LogP contribution in [0.2, 0.25) is 0 Å². The average molecular weight is 570 g/mol. The van der Waals surface area contributed by atoms with Crippen LogP contribution in [0.5, 0.6) is 5.75 Å². The van der Waals surface area contributed by atoms with Gasteiger partial charge in [0.2, 0.25) is 5.95 Å². The van der Waals surface area contributed by atoms with Crippen molar-refractivity contribution in [3.8, 4) is 5.75 Å². The normalized spacial score (nSPS) is 13.6. The van der Waals surface area contributed by atoms with Crippen LogP contribution in [0, 0.1) is 5.82 Å². The molecular formula is C31H32FN7O3. The first-order valence-corrected chi connectivity index (χ1v) is 13.8. The molecule has 10 nitrogen and oxygen atoms in total. The first-order valence-electron chi connectivity index (χ1n) is 13.8. The number of carbonyl (C=O) groups excluding carboxylic acids is 1. The van der Waals surface area contributed by atoms with Crippen molar-refractivity contribution in [3.05, 3.63) is 90.0 Å². The van der Waals surface area contributed by atoms with E-state index >= 15 is 0 Å². The molecule has 0 saturated carbocycles. The Labute approximate surface area is 242 Å². The summed E-state index contributed by atoms with van der Waals surface area (Å²) in [7, 11) is 1.66. The van der Waals surface area contributed by atoms with E-state index in [1.54, 1.807) is 19.2 Å². The number of carbonyl (C=O) groups is 1. The summed E-state index contributed by atoms with van der Waals surface area (Å²) in [6.45, 7) is 4.85. The van der Waals surface area contributed by atoms with Crippen molar-refractivity contribution in [2.75, 3.05) is 62.0 Å². The number of hydrogen-bond acceptors (Lipinski definition) is 8. The van der Waals surface area contributed by atoms with E-state index in [4.69, 9.17) is 15.2 Å². The van der Waals surface area contributed by atoms with E-state index in [1.165, 1.54) is 16.7 Å². The average Bonchev–Trinajstić information content (AvgIpc) is 3.48. The molecule has 5 aromatic rings. The van der Waals surface area contributed by atoms with Crippen LogP contribution >= 0.6 is 0 Å². The Morgan fingerprint density at radius 2 is 1.71 bits per heavy atom. The molecule has 0 spiro atoms. The number of methoxy groups -OCH3 is 1. The van der Waals surface area contributed by atoms with Gasteiger partial charge in [0.25, 0.3) is 5.91 Å². The quantitative estimate of drug-likeness (QED) is 0.258. The Bertz CT molecular complexity index is 1720. The summed E-state index contributed by atoms with van der Waals surface area (Å²) < 4.78 is 26.5. The lowest BCUT2D eigenvalue weighted by molar-refractivity contribution is 0.0946. The number of para-hydroxylation sites is 2. The zero-order chi connectivity index (χ0) is 29.1. The molecule has 1 aliphatic rings. The van der Waals surface area contributed by atoms with Crippen LogP contribution in [0.3, 0.4) is 0 Å². The van der Waals surface area contributed by atoms with Crippen LogP contribution in [0.25, 0.3) is 16.6 Å². The molecule has 0 bridgehead atoms. The van der Waals surface area contributed by atoms with Gasteiger partial charge in [0.1, 0.15) is 35.0 Å². The number of ether oxygens (including phenoxy) is 2. The summed E-state index contributed by atoms with van der Waals surface area (Å²) in [5.74, 6) is 0.0488. The van der Waals surface area contributed by atoms with Crippen molar-refractivity contribution >= 4 is 39.8 Å². The number of fused-ring (bicyclic) bond motifs is 3. The minimum atomic E-state index is -0.491. The van der Waals surface area contributed by atoms with Gasteiger partial charge in [-0.05, 0) is 48.0 Å². The van der Waals surface area contributed by atoms with Crippen molar-refractivity contribution in [3.63, 3.8) is 0 Å². The fraction of sp³-hybridized carbons (Fsp3) is 0.258. The molecule has 0 aliphatic carbocycles. The van der Waals surface area contributed by atoms with Gasteiger partial charge in [-0.15, -0.1) is 0 Å². The summed E-state index contributed by atoms with van der Waals surface area (Å²) in [5.41, 5.74) is 9.99. The monoisotopic (exact) mass is 569 g/mol. The van der Waals surface area contributed by atoms with E-state index in [0.29, 0.717) is 30.8 Å². The second-order valence-corrected chi connectivity index (χ2v) is 10.0. The number of nitrogen functional groups attached to an aromatic ring is 1. The van der Waals surface area contributed by atoms with Gasteiger partial charge < -0.3 is 30.3 Å². The molecular weight excluding hydrogens is 537 g/mol. The molecule has 6 rings (SSSR count). The van der Waals surface area contributed by atoms with Crippen LogP contribution in [-0.2, 0) is 11.3 Å². The predicted molar refractivity (Wildman–Crippen MR) is 161 cm³/mol. The zero-order valence-electron chi connectivity index (χ0n) is 23.3. The van der Waals surface area contributed by atoms with Crippen LogP contribution in [0.15, 0.2) is 72.9 Å². The van der Waals surface area contributed by atoms with Gasteiger partial charge in [-0.2, -0.15) is 0 Å². The predicted octanol–water partition coefficient (Wildman–Crippen LogP) is 3.89. The van der Waals surface area contributed by atoms with E-state index < -0.39 is 5.82 Å². The van der Waals surface area contributed by atoms with Crippen molar-refractivity contribution in [2.24, 2.45) is 0 Å². The Morgan fingerprint density at radius 1 is 0.952 bits per heavy atom. The maximum absolute atomic E-state index is 14.3. The first kappa shape index (κ1) is 27.3. The number of imidazole rings is 1. The number of rotatable bonds is 9. The van der Waals surface area contributed by atoms with Crippen molar-refractivity contribution in [2.45, 2.75) is 6.54 Å². The molecule has 1 amide bonds. The number of nitrogens with zero attached hydrogens (tertiary/aromatic N) is 5. The molecule has 2 aromatic heterocycles. The van der Waals surface area contributed by atoms with Gasteiger partial charge in [0, 0.05) is 62.8 Å². The molecule has 0 atom stereocenters. The second-order valence-electron chi connectivity index (χ2n) is 10.0.